The number of guanidine groups is 1. The van der Waals surface area contributed by atoms with Crippen molar-refractivity contribution in [3.63, 3.8) is 0 Å². The van der Waals surface area contributed by atoms with Gasteiger partial charge in [-0.25, -0.2) is 4.98 Å². The van der Waals surface area contributed by atoms with E-state index >= 15 is 0 Å². The minimum absolute atomic E-state index is 0. The smallest absolute Gasteiger partial charge is 0.191 e. The van der Waals surface area contributed by atoms with E-state index in [0.717, 1.165) is 55.7 Å². The van der Waals surface area contributed by atoms with E-state index in [0.29, 0.717) is 0 Å². The van der Waals surface area contributed by atoms with Gasteiger partial charge in [0.1, 0.15) is 0 Å². The van der Waals surface area contributed by atoms with Gasteiger partial charge in [-0.15, -0.1) is 35.3 Å². The predicted octanol–water partition coefficient (Wildman–Crippen LogP) is 3.02. The molecule has 2 atom stereocenters. The summed E-state index contributed by atoms with van der Waals surface area (Å²) in [6, 6.07) is 0. The average Bonchev–Trinajstić information content (AvgIpc) is 3.08. The first kappa shape index (κ1) is 18.8. The Hall–Kier alpha value is -0.570. The summed E-state index contributed by atoms with van der Waals surface area (Å²) in [4.78, 5) is 13.6. The van der Waals surface area contributed by atoms with E-state index < -0.39 is 0 Å². The lowest BCUT2D eigenvalue weighted by Gasteiger charge is -2.35. The second kappa shape index (κ2) is 9.05. The van der Waals surface area contributed by atoms with Gasteiger partial charge >= 0.3 is 0 Å². The SMILES string of the molecule is CC1CCCCC1CN=C(N)N1CCN(c2nccs2)CC1.I. The summed E-state index contributed by atoms with van der Waals surface area (Å²) < 4.78 is 0. The third-order valence-electron chi connectivity index (χ3n) is 5.07. The molecular weight excluding hydrogens is 421 g/mol. The van der Waals surface area contributed by atoms with E-state index in [2.05, 4.69) is 21.7 Å². The van der Waals surface area contributed by atoms with Crippen LogP contribution in [0.5, 0.6) is 0 Å². The zero-order chi connectivity index (χ0) is 15.4. The van der Waals surface area contributed by atoms with Crippen molar-refractivity contribution >= 4 is 46.4 Å². The number of rotatable bonds is 3. The van der Waals surface area contributed by atoms with Crippen molar-refractivity contribution in [3.8, 4) is 0 Å². The molecule has 2 heterocycles. The standard InChI is InChI=1S/C16H27N5S.HI/c1-13-4-2-3-5-14(13)12-19-15(17)20-7-9-21(10-8-20)16-18-6-11-22-16;/h6,11,13-14H,2-5,7-10,12H2,1H3,(H2,17,19);1H. The maximum Gasteiger partial charge on any atom is 0.191 e. The summed E-state index contributed by atoms with van der Waals surface area (Å²) in [5.41, 5.74) is 6.22. The largest absolute Gasteiger partial charge is 0.370 e. The van der Waals surface area contributed by atoms with Crippen LogP contribution >= 0.6 is 35.3 Å². The van der Waals surface area contributed by atoms with Crippen molar-refractivity contribution < 1.29 is 0 Å². The highest BCUT2D eigenvalue weighted by Crippen LogP contribution is 2.29. The lowest BCUT2D eigenvalue weighted by molar-refractivity contribution is 0.262. The Morgan fingerprint density at radius 3 is 2.70 bits per heavy atom. The molecule has 0 aromatic carbocycles. The van der Waals surface area contributed by atoms with Crippen LogP contribution in [0.25, 0.3) is 0 Å². The Morgan fingerprint density at radius 1 is 1.30 bits per heavy atom. The molecule has 1 aliphatic carbocycles. The van der Waals surface area contributed by atoms with E-state index in [4.69, 9.17) is 10.7 Å². The number of nitrogens with zero attached hydrogens (tertiary/aromatic N) is 4. The number of hydrogen-bond acceptors (Lipinski definition) is 4. The number of nitrogens with two attached hydrogens (primary N) is 1. The summed E-state index contributed by atoms with van der Waals surface area (Å²) >= 11 is 1.70. The average molecular weight is 449 g/mol. The molecule has 1 saturated carbocycles. The molecule has 2 unspecified atom stereocenters. The minimum Gasteiger partial charge on any atom is -0.370 e. The monoisotopic (exact) mass is 449 g/mol. The first-order valence-electron chi connectivity index (χ1n) is 8.43. The van der Waals surface area contributed by atoms with Crippen molar-refractivity contribution in [2.45, 2.75) is 32.6 Å². The van der Waals surface area contributed by atoms with Gasteiger partial charge in [-0.1, -0.05) is 26.2 Å². The molecule has 1 aromatic rings. The number of halogens is 1. The van der Waals surface area contributed by atoms with Gasteiger partial charge in [0, 0.05) is 44.3 Å². The molecule has 2 aliphatic rings. The number of aromatic nitrogens is 1. The van der Waals surface area contributed by atoms with E-state index in [9.17, 15) is 0 Å². The molecule has 0 spiro atoms. The van der Waals surface area contributed by atoms with Crippen LogP contribution in [0.3, 0.4) is 0 Å². The molecule has 7 heteroatoms. The molecule has 5 nitrogen and oxygen atoms in total. The third kappa shape index (κ3) is 4.95. The Kier molecular flexibility index (Phi) is 7.39. The third-order valence-corrected chi connectivity index (χ3v) is 5.90. The molecule has 2 fully saturated rings. The van der Waals surface area contributed by atoms with Crippen LogP contribution in [0.15, 0.2) is 16.6 Å². The van der Waals surface area contributed by atoms with Crippen LogP contribution in [0.4, 0.5) is 5.13 Å². The Morgan fingerprint density at radius 2 is 2.04 bits per heavy atom. The van der Waals surface area contributed by atoms with Gasteiger partial charge in [0.25, 0.3) is 0 Å². The van der Waals surface area contributed by atoms with Crippen LogP contribution in [-0.2, 0) is 0 Å². The highest BCUT2D eigenvalue weighted by molar-refractivity contribution is 14.0. The maximum atomic E-state index is 6.22. The van der Waals surface area contributed by atoms with Gasteiger partial charge in [-0.05, 0) is 18.3 Å². The number of thiazole rings is 1. The van der Waals surface area contributed by atoms with Crippen molar-refractivity contribution in [1.82, 2.24) is 9.88 Å². The van der Waals surface area contributed by atoms with Gasteiger partial charge in [0.05, 0.1) is 0 Å². The van der Waals surface area contributed by atoms with Crippen LogP contribution < -0.4 is 10.6 Å². The summed E-state index contributed by atoms with van der Waals surface area (Å²) in [7, 11) is 0. The molecule has 3 rings (SSSR count). The van der Waals surface area contributed by atoms with Crippen molar-refractivity contribution in [2.24, 2.45) is 22.6 Å². The fourth-order valence-corrected chi connectivity index (χ4v) is 4.17. The molecule has 0 amide bonds. The second-order valence-corrected chi connectivity index (χ2v) is 7.38. The fourth-order valence-electron chi connectivity index (χ4n) is 3.47. The normalized spacial score (nSPS) is 26.0. The number of anilines is 1. The molecular formula is C16H28IN5S. The second-order valence-electron chi connectivity index (χ2n) is 6.51. The number of hydrogen-bond donors (Lipinski definition) is 1. The molecule has 130 valence electrons. The van der Waals surface area contributed by atoms with Gasteiger partial charge in [-0.3, -0.25) is 4.99 Å². The van der Waals surface area contributed by atoms with Gasteiger partial charge in [-0.2, -0.15) is 0 Å². The van der Waals surface area contributed by atoms with Gasteiger partial charge in [0.15, 0.2) is 11.1 Å². The first-order chi connectivity index (χ1) is 10.7. The summed E-state index contributed by atoms with van der Waals surface area (Å²) in [5, 5.41) is 3.15. The Balaban J connectivity index is 0.00000192. The number of aliphatic imine (C=N–C) groups is 1. The molecule has 0 radical (unpaired) electrons. The maximum absolute atomic E-state index is 6.22. The van der Waals surface area contributed by atoms with E-state index in [-0.39, 0.29) is 24.0 Å². The quantitative estimate of drug-likeness (QED) is 0.438. The molecule has 1 aliphatic heterocycles. The topological polar surface area (TPSA) is 57.8 Å². The molecule has 23 heavy (non-hydrogen) atoms. The van der Waals surface area contributed by atoms with Crippen molar-refractivity contribution in [2.75, 3.05) is 37.6 Å². The molecule has 0 bridgehead atoms. The summed E-state index contributed by atoms with van der Waals surface area (Å²) in [5.74, 6) is 2.26. The lowest BCUT2D eigenvalue weighted by atomic mass is 9.80. The Bertz CT molecular complexity index is 485. The van der Waals surface area contributed by atoms with E-state index in [1.165, 1.54) is 25.7 Å². The van der Waals surface area contributed by atoms with Gasteiger partial charge in [0.2, 0.25) is 0 Å². The summed E-state index contributed by atoms with van der Waals surface area (Å²) in [6.07, 6.45) is 7.28. The van der Waals surface area contributed by atoms with Crippen LogP contribution in [0.1, 0.15) is 32.6 Å². The lowest BCUT2D eigenvalue weighted by Crippen LogP contribution is -2.51. The van der Waals surface area contributed by atoms with Crippen LogP contribution in [0.2, 0.25) is 0 Å². The van der Waals surface area contributed by atoms with Crippen LogP contribution in [0, 0.1) is 11.8 Å². The highest BCUT2D eigenvalue weighted by atomic mass is 127. The molecule has 1 saturated heterocycles. The predicted molar refractivity (Wildman–Crippen MR) is 109 cm³/mol. The van der Waals surface area contributed by atoms with Crippen molar-refractivity contribution in [3.05, 3.63) is 11.6 Å². The Labute approximate surface area is 160 Å². The fraction of sp³-hybridized carbons (Fsp3) is 0.750. The molecule has 2 N–H and O–H groups in total. The molecule has 1 aromatic heterocycles. The zero-order valence-corrected chi connectivity index (χ0v) is 17.0. The van der Waals surface area contributed by atoms with Gasteiger partial charge < -0.3 is 15.5 Å². The highest BCUT2D eigenvalue weighted by Gasteiger charge is 2.22. The van der Waals surface area contributed by atoms with E-state index in [1.54, 1.807) is 11.3 Å². The summed E-state index contributed by atoms with van der Waals surface area (Å²) in [6.45, 7) is 7.10. The van der Waals surface area contributed by atoms with Crippen LogP contribution in [-0.4, -0.2) is 48.6 Å². The minimum atomic E-state index is 0. The zero-order valence-electron chi connectivity index (χ0n) is 13.9. The number of piperazine rings is 1. The van der Waals surface area contributed by atoms with Crippen molar-refractivity contribution in [1.29, 1.82) is 0 Å². The first-order valence-corrected chi connectivity index (χ1v) is 9.31. The van der Waals surface area contributed by atoms with E-state index in [1.807, 2.05) is 11.6 Å².